The second-order valence-corrected chi connectivity index (χ2v) is 7.44. The first-order valence-corrected chi connectivity index (χ1v) is 9.88. The molecule has 1 aromatic heterocycles. The van der Waals surface area contributed by atoms with Crippen molar-refractivity contribution in [2.24, 2.45) is 0 Å². The Morgan fingerprint density at radius 2 is 2.13 bits per heavy atom. The molecule has 0 bridgehead atoms. The van der Waals surface area contributed by atoms with E-state index in [1.807, 2.05) is 19.1 Å². The van der Waals surface area contributed by atoms with Crippen molar-refractivity contribution >= 4 is 35.1 Å². The number of methoxy groups -OCH3 is 1. The molecule has 9 nitrogen and oxygen atoms in total. The quantitative estimate of drug-likeness (QED) is 0.608. The maximum absolute atomic E-state index is 12.3. The highest BCUT2D eigenvalue weighted by Gasteiger charge is 2.28. The van der Waals surface area contributed by atoms with Crippen LogP contribution in [0.25, 0.3) is 0 Å². The van der Waals surface area contributed by atoms with E-state index in [9.17, 15) is 9.59 Å². The van der Waals surface area contributed by atoms with Crippen LogP contribution in [-0.2, 0) is 9.59 Å². The van der Waals surface area contributed by atoms with E-state index in [1.165, 1.54) is 13.4 Å². The molecule has 1 atom stereocenters. The molecule has 2 N–H and O–H groups in total. The Kier molecular flexibility index (Phi) is 5.77. The van der Waals surface area contributed by atoms with Gasteiger partial charge in [-0.3, -0.25) is 14.9 Å². The van der Waals surface area contributed by atoms with Crippen molar-refractivity contribution in [3.63, 3.8) is 0 Å². The molecule has 31 heavy (non-hydrogen) atoms. The number of carbonyl (C=O) groups excluding carboxylic acids is 2. The number of aromatic nitrogens is 3. The van der Waals surface area contributed by atoms with Crippen LogP contribution in [0.15, 0.2) is 42.7 Å². The first kappa shape index (κ1) is 20.7. The van der Waals surface area contributed by atoms with Gasteiger partial charge in [0.15, 0.2) is 18.1 Å². The fourth-order valence-corrected chi connectivity index (χ4v) is 3.51. The molecule has 2 aromatic carbocycles. The summed E-state index contributed by atoms with van der Waals surface area (Å²) in [6.07, 6.45) is 1.62. The number of aryl methyl sites for hydroxylation is 1. The number of hydrogen-bond acceptors (Lipinski definition) is 6. The van der Waals surface area contributed by atoms with Gasteiger partial charge in [0.2, 0.25) is 11.9 Å². The zero-order valence-corrected chi connectivity index (χ0v) is 17.6. The lowest BCUT2D eigenvalue weighted by molar-refractivity contribution is -0.118. The Balaban J connectivity index is 1.47. The largest absolute Gasteiger partial charge is 0.493 e. The topological polar surface area (TPSA) is 107 Å². The summed E-state index contributed by atoms with van der Waals surface area (Å²) < 4.78 is 12.8. The van der Waals surface area contributed by atoms with E-state index in [0.29, 0.717) is 28.2 Å². The van der Waals surface area contributed by atoms with E-state index in [0.717, 1.165) is 11.1 Å². The lowest BCUT2D eigenvalue weighted by Gasteiger charge is -2.24. The minimum atomic E-state index is -0.326. The summed E-state index contributed by atoms with van der Waals surface area (Å²) in [6.45, 7) is 1.67. The highest BCUT2D eigenvalue weighted by molar-refractivity contribution is 6.31. The molecule has 2 amide bonds. The van der Waals surface area contributed by atoms with Crippen LogP contribution in [0, 0.1) is 6.92 Å². The molecule has 10 heteroatoms. The molecule has 4 rings (SSSR count). The number of carbonyl (C=O) groups is 2. The van der Waals surface area contributed by atoms with E-state index >= 15 is 0 Å². The SMILES string of the molecule is COc1cc([C@H]2CC(=O)Nc3ncnn32)ccc1OCC(=O)Nc1cc(Cl)ccc1C. The number of nitrogens with one attached hydrogen (secondary N) is 2. The molecular formula is C21H20ClN5O4. The minimum Gasteiger partial charge on any atom is -0.493 e. The lowest BCUT2D eigenvalue weighted by atomic mass is 10.0. The predicted molar refractivity (Wildman–Crippen MR) is 115 cm³/mol. The second kappa shape index (κ2) is 8.65. The summed E-state index contributed by atoms with van der Waals surface area (Å²) in [4.78, 5) is 28.4. The van der Waals surface area contributed by atoms with Crippen molar-refractivity contribution in [2.75, 3.05) is 24.4 Å². The number of halogens is 1. The van der Waals surface area contributed by atoms with Crippen molar-refractivity contribution in [3.8, 4) is 11.5 Å². The third kappa shape index (κ3) is 4.46. The van der Waals surface area contributed by atoms with E-state index in [-0.39, 0.29) is 30.9 Å². The number of ether oxygens (including phenoxy) is 2. The van der Waals surface area contributed by atoms with Gasteiger partial charge in [-0.2, -0.15) is 10.1 Å². The van der Waals surface area contributed by atoms with Gasteiger partial charge in [-0.05, 0) is 42.3 Å². The molecule has 0 spiro atoms. The number of amides is 2. The van der Waals surface area contributed by atoms with Crippen molar-refractivity contribution in [1.82, 2.24) is 14.8 Å². The first-order valence-electron chi connectivity index (χ1n) is 9.50. The summed E-state index contributed by atoms with van der Waals surface area (Å²) >= 11 is 5.99. The standard InChI is InChI=1S/C21H20ClN5O4/c1-12-3-5-14(22)8-15(12)25-20(29)10-31-17-6-4-13(7-18(17)30-2)16-9-19(28)26-21-23-11-24-27(16)21/h3-8,11,16H,9-10H2,1-2H3,(H,25,29)(H,23,24,26,28)/t16-/m1/s1. The molecular weight excluding hydrogens is 422 g/mol. The van der Waals surface area contributed by atoms with Crippen molar-refractivity contribution < 1.29 is 19.1 Å². The molecule has 0 unspecified atom stereocenters. The summed E-state index contributed by atoms with van der Waals surface area (Å²) in [6, 6.07) is 10.2. The average Bonchev–Trinajstić information content (AvgIpc) is 3.22. The molecule has 0 fully saturated rings. The fourth-order valence-electron chi connectivity index (χ4n) is 3.33. The van der Waals surface area contributed by atoms with Crippen molar-refractivity contribution in [2.45, 2.75) is 19.4 Å². The molecule has 3 aromatic rings. The van der Waals surface area contributed by atoms with Gasteiger partial charge in [-0.25, -0.2) is 4.68 Å². The number of anilines is 2. The lowest BCUT2D eigenvalue weighted by Crippen LogP contribution is -2.29. The van der Waals surface area contributed by atoms with E-state index < -0.39 is 0 Å². The van der Waals surface area contributed by atoms with E-state index in [1.54, 1.807) is 28.9 Å². The fraction of sp³-hybridized carbons (Fsp3) is 0.238. The smallest absolute Gasteiger partial charge is 0.262 e. The average molecular weight is 442 g/mol. The highest BCUT2D eigenvalue weighted by atomic mass is 35.5. The van der Waals surface area contributed by atoms with E-state index in [2.05, 4.69) is 20.7 Å². The number of fused-ring (bicyclic) bond motifs is 1. The van der Waals surface area contributed by atoms with Gasteiger partial charge in [0.25, 0.3) is 5.91 Å². The number of rotatable bonds is 6. The predicted octanol–water partition coefficient (Wildman–Crippen LogP) is 3.20. The third-order valence-corrected chi connectivity index (χ3v) is 5.14. The zero-order valence-electron chi connectivity index (χ0n) is 16.9. The van der Waals surface area contributed by atoms with Crippen LogP contribution < -0.4 is 20.1 Å². The minimum absolute atomic E-state index is 0.141. The second-order valence-electron chi connectivity index (χ2n) is 7.00. The zero-order chi connectivity index (χ0) is 22.0. The molecule has 160 valence electrons. The molecule has 2 heterocycles. The third-order valence-electron chi connectivity index (χ3n) is 4.90. The van der Waals surface area contributed by atoms with Crippen LogP contribution in [0.5, 0.6) is 11.5 Å². The van der Waals surface area contributed by atoms with Gasteiger partial charge in [-0.1, -0.05) is 23.7 Å². The Morgan fingerprint density at radius 3 is 2.94 bits per heavy atom. The van der Waals surface area contributed by atoms with Crippen LogP contribution >= 0.6 is 11.6 Å². The number of benzene rings is 2. The Morgan fingerprint density at radius 1 is 1.29 bits per heavy atom. The van der Waals surface area contributed by atoms with Crippen molar-refractivity contribution in [1.29, 1.82) is 0 Å². The normalized spacial score (nSPS) is 15.1. The summed E-state index contributed by atoms with van der Waals surface area (Å²) in [5, 5.41) is 10.2. The van der Waals surface area contributed by atoms with Gasteiger partial charge in [0, 0.05) is 10.7 Å². The van der Waals surface area contributed by atoms with Crippen LogP contribution in [0.1, 0.15) is 23.6 Å². The summed E-state index contributed by atoms with van der Waals surface area (Å²) in [5.74, 6) is 0.777. The maximum Gasteiger partial charge on any atom is 0.262 e. The first-order chi connectivity index (χ1) is 14.9. The maximum atomic E-state index is 12.3. The molecule has 0 radical (unpaired) electrons. The molecule has 0 saturated heterocycles. The summed E-state index contributed by atoms with van der Waals surface area (Å²) in [7, 11) is 1.51. The van der Waals surface area contributed by atoms with Crippen LogP contribution in [-0.4, -0.2) is 40.3 Å². The van der Waals surface area contributed by atoms with Gasteiger partial charge < -0.3 is 14.8 Å². The Bertz CT molecular complexity index is 1150. The number of nitrogens with zero attached hydrogens (tertiary/aromatic N) is 3. The molecule has 0 saturated carbocycles. The van der Waals surface area contributed by atoms with Crippen LogP contribution in [0.3, 0.4) is 0 Å². The monoisotopic (exact) mass is 441 g/mol. The van der Waals surface area contributed by atoms with Gasteiger partial charge in [-0.15, -0.1) is 0 Å². The van der Waals surface area contributed by atoms with Gasteiger partial charge >= 0.3 is 0 Å². The highest BCUT2D eigenvalue weighted by Crippen LogP contribution is 2.35. The Hall–Kier alpha value is -3.59. The Labute approximate surface area is 183 Å². The number of hydrogen-bond donors (Lipinski definition) is 2. The van der Waals surface area contributed by atoms with Gasteiger partial charge in [0.1, 0.15) is 6.33 Å². The van der Waals surface area contributed by atoms with Crippen molar-refractivity contribution in [3.05, 3.63) is 58.9 Å². The molecule has 1 aliphatic rings. The summed E-state index contributed by atoms with van der Waals surface area (Å²) in [5.41, 5.74) is 2.33. The molecule has 1 aliphatic heterocycles. The van der Waals surface area contributed by atoms with Gasteiger partial charge in [0.05, 0.1) is 19.6 Å². The molecule has 0 aliphatic carbocycles. The van der Waals surface area contributed by atoms with E-state index in [4.69, 9.17) is 21.1 Å². The van der Waals surface area contributed by atoms with Crippen LogP contribution in [0.2, 0.25) is 5.02 Å². The van der Waals surface area contributed by atoms with Crippen LogP contribution in [0.4, 0.5) is 11.6 Å².